The predicted octanol–water partition coefficient (Wildman–Crippen LogP) is 12.3. The van der Waals surface area contributed by atoms with E-state index in [-0.39, 0.29) is 19.4 Å². The summed E-state index contributed by atoms with van der Waals surface area (Å²) in [6, 6.07) is 0. The summed E-state index contributed by atoms with van der Waals surface area (Å²) in [6.45, 7) is 2.05. The van der Waals surface area contributed by atoms with E-state index in [2.05, 4.69) is 140 Å². The van der Waals surface area contributed by atoms with Crippen LogP contribution in [0.15, 0.2) is 122 Å². The fourth-order valence-electron chi connectivity index (χ4n) is 5.22. The standard InChI is InChI=1S/C50H79O10P/c1-3-5-7-9-11-13-15-17-19-21-23-25-27-29-31-33-35-37-39-41-49(53)57-45-48(46-59-61(55,56)58-44-47(52)43-51)60-50(54)42-40-38-36-34-32-30-28-26-24-22-20-18-16-14-12-10-8-6-4-2/h5-8,11-14,17-20,23-26,29-32,47-48,51-52H,3-4,9-10,15-16,21-22,27-28,33-46H2,1-2H3,(H,55,56)/b7-5+,8-6+,13-11+,14-12+,19-17+,20-18+,25-23+,26-24+,31-29+,32-30+/t47-,48+/m0/s1. The first kappa shape index (κ1) is 57.4. The molecule has 11 heteroatoms. The van der Waals surface area contributed by atoms with Crippen LogP contribution in [0, 0.1) is 0 Å². The molecular weight excluding hydrogens is 792 g/mol. The molecule has 0 aliphatic heterocycles. The number of ether oxygens (including phenoxy) is 2. The smallest absolute Gasteiger partial charge is 0.462 e. The second kappa shape index (κ2) is 44.4. The van der Waals surface area contributed by atoms with Crippen molar-refractivity contribution in [3.8, 4) is 0 Å². The molecule has 0 aromatic rings. The van der Waals surface area contributed by atoms with E-state index in [0.717, 1.165) is 103 Å². The van der Waals surface area contributed by atoms with Gasteiger partial charge in [0.05, 0.1) is 19.8 Å². The Kier molecular flexibility index (Phi) is 41.8. The highest BCUT2D eigenvalue weighted by atomic mass is 31.2. The predicted molar refractivity (Wildman–Crippen MR) is 251 cm³/mol. The van der Waals surface area contributed by atoms with Crippen LogP contribution in [-0.2, 0) is 32.7 Å². The first-order valence-electron chi connectivity index (χ1n) is 22.5. The normalized spacial score (nSPS) is 14.9. The number of carbonyl (C=O) groups is 2. The molecule has 0 amide bonds. The van der Waals surface area contributed by atoms with Crippen molar-refractivity contribution in [2.45, 2.75) is 154 Å². The summed E-state index contributed by atoms with van der Waals surface area (Å²) in [5.74, 6) is -1.01. The molecule has 0 aromatic heterocycles. The number of aliphatic hydroxyl groups is 2. The lowest BCUT2D eigenvalue weighted by atomic mass is 10.1. The molecule has 344 valence electrons. The van der Waals surface area contributed by atoms with E-state index in [1.54, 1.807) is 0 Å². The number of rotatable bonds is 40. The van der Waals surface area contributed by atoms with Crippen molar-refractivity contribution in [1.82, 2.24) is 0 Å². The maximum absolute atomic E-state index is 12.6. The van der Waals surface area contributed by atoms with Crippen LogP contribution in [0.4, 0.5) is 0 Å². The Bertz CT molecular complexity index is 1420. The highest BCUT2D eigenvalue weighted by Gasteiger charge is 2.27. The number of hydrogen-bond donors (Lipinski definition) is 3. The Balaban J connectivity index is 4.44. The number of hydrogen-bond acceptors (Lipinski definition) is 9. The van der Waals surface area contributed by atoms with Gasteiger partial charge < -0.3 is 24.6 Å². The summed E-state index contributed by atoms with van der Waals surface area (Å²) in [4.78, 5) is 35.1. The molecule has 10 nitrogen and oxygen atoms in total. The minimum Gasteiger partial charge on any atom is -0.462 e. The van der Waals surface area contributed by atoms with Crippen LogP contribution < -0.4 is 0 Å². The summed E-state index contributed by atoms with van der Waals surface area (Å²) in [5, 5.41) is 18.4. The zero-order valence-corrected chi connectivity index (χ0v) is 38.2. The number of carbonyl (C=O) groups excluding carboxylic acids is 2. The first-order valence-corrected chi connectivity index (χ1v) is 24.0. The van der Waals surface area contributed by atoms with Crippen LogP contribution in [0.5, 0.6) is 0 Å². The van der Waals surface area contributed by atoms with Gasteiger partial charge in [-0.05, 0) is 103 Å². The third-order valence-corrected chi connectivity index (χ3v) is 9.56. The van der Waals surface area contributed by atoms with Gasteiger partial charge in [-0.3, -0.25) is 18.6 Å². The fourth-order valence-corrected chi connectivity index (χ4v) is 6.01. The highest BCUT2D eigenvalue weighted by Crippen LogP contribution is 2.43. The van der Waals surface area contributed by atoms with E-state index in [0.29, 0.717) is 12.8 Å². The minimum absolute atomic E-state index is 0.129. The lowest BCUT2D eigenvalue weighted by molar-refractivity contribution is -0.161. The van der Waals surface area contributed by atoms with Crippen molar-refractivity contribution in [2.75, 3.05) is 26.4 Å². The minimum atomic E-state index is -4.65. The molecule has 0 aliphatic carbocycles. The van der Waals surface area contributed by atoms with E-state index >= 15 is 0 Å². The molecule has 0 fully saturated rings. The molecule has 0 bridgehead atoms. The third kappa shape index (κ3) is 44.2. The average Bonchev–Trinajstić information content (AvgIpc) is 3.25. The largest absolute Gasteiger partial charge is 0.472 e. The van der Waals surface area contributed by atoms with Crippen molar-refractivity contribution >= 4 is 19.8 Å². The topological polar surface area (TPSA) is 149 Å². The zero-order chi connectivity index (χ0) is 44.8. The van der Waals surface area contributed by atoms with Gasteiger partial charge in [0, 0.05) is 12.8 Å². The van der Waals surface area contributed by atoms with Crippen LogP contribution >= 0.6 is 7.82 Å². The van der Waals surface area contributed by atoms with E-state index in [1.807, 2.05) is 0 Å². The molecule has 0 saturated heterocycles. The molecule has 0 heterocycles. The molecule has 3 atom stereocenters. The van der Waals surface area contributed by atoms with Crippen molar-refractivity contribution in [3.63, 3.8) is 0 Å². The lowest BCUT2D eigenvalue weighted by Crippen LogP contribution is -2.29. The Morgan fingerprint density at radius 3 is 1.25 bits per heavy atom. The number of phosphoric acid groups is 1. The molecule has 0 saturated carbocycles. The highest BCUT2D eigenvalue weighted by molar-refractivity contribution is 7.47. The summed E-state index contributed by atoms with van der Waals surface area (Å²) < 4.78 is 32.7. The SMILES string of the molecule is CC/C=C/C/C=C/C/C=C/C/C=C/C/C=C/CCCCCC(=O)OC[C@H](COP(=O)(O)OC[C@@H](O)CO)OC(=O)CCCCC/C=C/C/C=C/C/C=C/C/C=C/C/C=C/CC. The molecular formula is C50H79O10P. The van der Waals surface area contributed by atoms with Gasteiger partial charge in [-0.15, -0.1) is 0 Å². The Morgan fingerprint density at radius 1 is 0.492 bits per heavy atom. The number of esters is 2. The maximum Gasteiger partial charge on any atom is 0.472 e. The molecule has 0 radical (unpaired) electrons. The van der Waals surface area contributed by atoms with E-state index in [9.17, 15) is 24.2 Å². The number of phosphoric ester groups is 1. The lowest BCUT2D eigenvalue weighted by Gasteiger charge is -2.20. The zero-order valence-electron chi connectivity index (χ0n) is 37.3. The van der Waals surface area contributed by atoms with Gasteiger partial charge in [0.2, 0.25) is 0 Å². The van der Waals surface area contributed by atoms with Crippen molar-refractivity contribution < 1.29 is 47.8 Å². The molecule has 0 spiro atoms. The fraction of sp³-hybridized carbons (Fsp3) is 0.560. The van der Waals surface area contributed by atoms with Gasteiger partial charge in [-0.2, -0.15) is 0 Å². The van der Waals surface area contributed by atoms with Crippen molar-refractivity contribution in [1.29, 1.82) is 0 Å². The van der Waals surface area contributed by atoms with Crippen molar-refractivity contribution in [3.05, 3.63) is 122 Å². The number of unbranched alkanes of at least 4 members (excludes halogenated alkanes) is 6. The number of allylic oxidation sites excluding steroid dienone is 20. The van der Waals surface area contributed by atoms with Gasteiger partial charge in [0.15, 0.2) is 6.10 Å². The van der Waals surface area contributed by atoms with Crippen LogP contribution in [0.3, 0.4) is 0 Å². The summed E-state index contributed by atoms with van der Waals surface area (Å²) in [5.41, 5.74) is 0. The van der Waals surface area contributed by atoms with Crippen LogP contribution in [0.2, 0.25) is 0 Å². The van der Waals surface area contributed by atoms with E-state index < -0.39 is 51.8 Å². The van der Waals surface area contributed by atoms with Crippen LogP contribution in [-0.4, -0.2) is 65.7 Å². The van der Waals surface area contributed by atoms with E-state index in [1.165, 1.54) is 0 Å². The van der Waals surface area contributed by atoms with E-state index in [4.69, 9.17) is 19.1 Å². The second-order valence-corrected chi connectivity index (χ2v) is 15.8. The third-order valence-electron chi connectivity index (χ3n) is 8.61. The second-order valence-electron chi connectivity index (χ2n) is 14.3. The van der Waals surface area contributed by atoms with Crippen LogP contribution in [0.25, 0.3) is 0 Å². The molecule has 61 heavy (non-hydrogen) atoms. The Labute approximate surface area is 368 Å². The Hall–Kier alpha value is -3.63. The summed E-state index contributed by atoms with van der Waals surface area (Å²) >= 11 is 0. The van der Waals surface area contributed by atoms with Gasteiger partial charge in [-0.25, -0.2) is 4.57 Å². The number of aliphatic hydroxyl groups excluding tert-OH is 2. The van der Waals surface area contributed by atoms with Gasteiger partial charge in [0.1, 0.15) is 12.7 Å². The average molecular weight is 871 g/mol. The molecule has 0 aliphatic rings. The maximum atomic E-state index is 12.6. The summed E-state index contributed by atoms with van der Waals surface area (Å²) in [7, 11) is -4.65. The molecule has 0 aromatic carbocycles. The monoisotopic (exact) mass is 871 g/mol. The quantitative estimate of drug-likeness (QED) is 0.0235. The van der Waals surface area contributed by atoms with Gasteiger partial charge >= 0.3 is 19.8 Å². The Morgan fingerprint density at radius 2 is 0.852 bits per heavy atom. The first-order chi connectivity index (χ1) is 29.7. The van der Waals surface area contributed by atoms with Gasteiger partial charge in [0.25, 0.3) is 0 Å². The molecule has 3 N–H and O–H groups in total. The van der Waals surface area contributed by atoms with Crippen molar-refractivity contribution in [2.24, 2.45) is 0 Å². The molecule has 1 unspecified atom stereocenters. The molecule has 0 rings (SSSR count). The van der Waals surface area contributed by atoms with Crippen LogP contribution in [0.1, 0.15) is 142 Å². The van der Waals surface area contributed by atoms with Gasteiger partial charge in [-0.1, -0.05) is 148 Å². The summed E-state index contributed by atoms with van der Waals surface area (Å²) in [6.07, 6.45) is 57.3.